The zero-order chi connectivity index (χ0) is 21.2. The average Bonchev–Trinajstić information content (AvgIpc) is 3.23. The van der Waals surface area contributed by atoms with E-state index < -0.39 is 0 Å². The first kappa shape index (κ1) is 19.8. The average molecular weight is 420 g/mol. The van der Waals surface area contributed by atoms with E-state index in [1.165, 1.54) is 5.39 Å². The number of fused-ring (bicyclic) bond motifs is 1. The number of anilines is 2. The lowest BCUT2D eigenvalue weighted by Gasteiger charge is -2.36. The van der Waals surface area contributed by atoms with Gasteiger partial charge in [0.15, 0.2) is 11.6 Å². The van der Waals surface area contributed by atoms with Crippen molar-refractivity contribution < 1.29 is 4.79 Å². The predicted octanol–water partition coefficient (Wildman–Crippen LogP) is 1.53. The minimum atomic E-state index is 0.164. The van der Waals surface area contributed by atoms with E-state index in [1.807, 2.05) is 27.8 Å². The molecule has 2 aliphatic rings. The summed E-state index contributed by atoms with van der Waals surface area (Å²) < 4.78 is 2.03. The first-order valence-corrected chi connectivity index (χ1v) is 11.0. The summed E-state index contributed by atoms with van der Waals surface area (Å²) in [6.45, 7) is 7.44. The number of hydrogen-bond acceptors (Lipinski definition) is 6. The van der Waals surface area contributed by atoms with Gasteiger partial charge in [0.2, 0.25) is 5.91 Å². The van der Waals surface area contributed by atoms with Gasteiger partial charge in [-0.3, -0.25) is 4.79 Å². The highest BCUT2D eigenvalue weighted by atomic mass is 16.2. The lowest BCUT2D eigenvalue weighted by atomic mass is 10.2. The number of para-hydroxylation sites is 1. The Morgan fingerprint density at radius 1 is 0.806 bits per heavy atom. The van der Waals surface area contributed by atoms with Gasteiger partial charge in [0, 0.05) is 64.1 Å². The molecule has 5 rings (SSSR count). The van der Waals surface area contributed by atoms with E-state index in [1.54, 1.807) is 0 Å². The van der Waals surface area contributed by atoms with Gasteiger partial charge in [-0.2, -0.15) is 0 Å². The zero-order valence-corrected chi connectivity index (χ0v) is 18.0. The summed E-state index contributed by atoms with van der Waals surface area (Å²) in [5, 5.41) is 10.1. The van der Waals surface area contributed by atoms with Crippen LogP contribution < -0.4 is 9.80 Å². The molecular weight excluding hydrogens is 390 g/mol. The van der Waals surface area contributed by atoms with Crippen LogP contribution in [0.5, 0.6) is 0 Å². The van der Waals surface area contributed by atoms with Crippen molar-refractivity contribution in [1.29, 1.82) is 0 Å². The molecule has 2 aliphatic heterocycles. The molecule has 2 saturated heterocycles. The van der Waals surface area contributed by atoms with Crippen LogP contribution in [-0.4, -0.2) is 89.9 Å². The second-order valence-electron chi connectivity index (χ2n) is 8.41. The Hall–Kier alpha value is -3.13. The highest BCUT2D eigenvalue weighted by molar-refractivity contribution is 5.83. The van der Waals surface area contributed by atoms with Gasteiger partial charge in [-0.1, -0.05) is 18.2 Å². The molecule has 2 aromatic heterocycles. The molecule has 0 bridgehead atoms. The number of nitrogens with zero attached hydrogens (tertiary/aromatic N) is 7. The molecule has 0 unspecified atom stereocenters. The maximum atomic E-state index is 12.8. The van der Waals surface area contributed by atoms with Crippen LogP contribution in [0.3, 0.4) is 0 Å². The number of hydrogen-bond donors (Lipinski definition) is 0. The summed E-state index contributed by atoms with van der Waals surface area (Å²) in [6, 6.07) is 14.4. The summed E-state index contributed by atoms with van der Waals surface area (Å²) in [4.78, 5) is 21.6. The number of rotatable bonds is 4. The van der Waals surface area contributed by atoms with E-state index in [0.29, 0.717) is 19.6 Å². The molecule has 0 spiro atoms. The standard InChI is InChI=1S/C23H29N7O/c1-26-10-12-27(13-11-26)21-6-7-22(25-24-21)28-14-16-29(17-15-28)23(31)18-30-9-8-19-4-2-3-5-20(19)30/h2-9H,10-18H2,1H3. The monoisotopic (exact) mass is 419 g/mol. The van der Waals surface area contributed by atoms with Crippen molar-refractivity contribution >= 4 is 28.4 Å². The van der Waals surface area contributed by atoms with Gasteiger partial charge < -0.3 is 24.2 Å². The molecular formula is C23H29N7O. The van der Waals surface area contributed by atoms with Crippen molar-refractivity contribution in [3.8, 4) is 0 Å². The molecule has 0 radical (unpaired) electrons. The number of carbonyl (C=O) groups excluding carboxylic acids is 1. The summed E-state index contributed by atoms with van der Waals surface area (Å²) in [7, 11) is 2.15. The van der Waals surface area contributed by atoms with E-state index in [0.717, 1.165) is 56.4 Å². The summed E-state index contributed by atoms with van der Waals surface area (Å²) >= 11 is 0. The van der Waals surface area contributed by atoms with Gasteiger partial charge >= 0.3 is 0 Å². The fourth-order valence-electron chi connectivity index (χ4n) is 4.40. The van der Waals surface area contributed by atoms with Crippen molar-refractivity contribution in [2.45, 2.75) is 6.54 Å². The number of amides is 1. The fourth-order valence-corrected chi connectivity index (χ4v) is 4.40. The van der Waals surface area contributed by atoms with Crippen LogP contribution >= 0.6 is 0 Å². The van der Waals surface area contributed by atoms with Crippen LogP contribution in [0.1, 0.15) is 0 Å². The van der Waals surface area contributed by atoms with Crippen molar-refractivity contribution in [3.63, 3.8) is 0 Å². The SMILES string of the molecule is CN1CCN(c2ccc(N3CCN(C(=O)Cn4ccc5ccccc54)CC3)nn2)CC1. The number of likely N-dealkylation sites (N-methyl/N-ethyl adjacent to an activating group) is 1. The maximum Gasteiger partial charge on any atom is 0.242 e. The number of piperazine rings is 2. The predicted molar refractivity (Wildman–Crippen MR) is 122 cm³/mol. The summed E-state index contributed by atoms with van der Waals surface area (Å²) in [5.41, 5.74) is 1.10. The van der Waals surface area contributed by atoms with Crippen molar-refractivity contribution in [2.75, 3.05) is 69.2 Å². The Kier molecular flexibility index (Phi) is 5.46. The Morgan fingerprint density at radius 2 is 1.42 bits per heavy atom. The van der Waals surface area contributed by atoms with Gasteiger partial charge in [-0.15, -0.1) is 10.2 Å². The first-order valence-electron chi connectivity index (χ1n) is 11.0. The van der Waals surface area contributed by atoms with Gasteiger partial charge in [0.1, 0.15) is 6.54 Å². The topological polar surface area (TPSA) is 60.7 Å². The molecule has 162 valence electrons. The van der Waals surface area contributed by atoms with E-state index in [9.17, 15) is 4.79 Å². The minimum Gasteiger partial charge on any atom is -0.353 e. The molecule has 0 atom stereocenters. The van der Waals surface area contributed by atoms with Gasteiger partial charge in [0.05, 0.1) is 0 Å². The van der Waals surface area contributed by atoms with Crippen LogP contribution in [0, 0.1) is 0 Å². The van der Waals surface area contributed by atoms with E-state index >= 15 is 0 Å². The van der Waals surface area contributed by atoms with Crippen LogP contribution in [-0.2, 0) is 11.3 Å². The van der Waals surface area contributed by atoms with E-state index in [-0.39, 0.29) is 5.91 Å². The fraction of sp³-hybridized carbons (Fsp3) is 0.435. The number of carbonyl (C=O) groups is 1. The van der Waals surface area contributed by atoms with Gasteiger partial charge in [-0.25, -0.2) is 0 Å². The largest absolute Gasteiger partial charge is 0.353 e. The molecule has 31 heavy (non-hydrogen) atoms. The summed E-state index contributed by atoms with van der Waals surface area (Å²) in [6.07, 6.45) is 2.00. The molecule has 2 fully saturated rings. The van der Waals surface area contributed by atoms with Crippen molar-refractivity contribution in [3.05, 3.63) is 48.7 Å². The second-order valence-corrected chi connectivity index (χ2v) is 8.41. The van der Waals surface area contributed by atoms with Crippen LogP contribution in [0.2, 0.25) is 0 Å². The van der Waals surface area contributed by atoms with Crippen LogP contribution in [0.4, 0.5) is 11.6 Å². The molecule has 1 amide bonds. The van der Waals surface area contributed by atoms with Crippen LogP contribution in [0.15, 0.2) is 48.7 Å². The Labute approximate surface area is 182 Å². The minimum absolute atomic E-state index is 0.164. The highest BCUT2D eigenvalue weighted by Crippen LogP contribution is 2.19. The smallest absolute Gasteiger partial charge is 0.242 e. The van der Waals surface area contributed by atoms with Crippen molar-refractivity contribution in [2.24, 2.45) is 0 Å². The Bertz CT molecular complexity index is 1030. The maximum absolute atomic E-state index is 12.8. The lowest BCUT2D eigenvalue weighted by Crippen LogP contribution is -2.50. The molecule has 0 N–H and O–H groups in total. The molecule has 3 aromatic rings. The summed E-state index contributed by atoms with van der Waals surface area (Å²) in [5.74, 6) is 2.00. The first-order chi connectivity index (χ1) is 15.2. The van der Waals surface area contributed by atoms with E-state index in [2.05, 4.69) is 62.3 Å². The molecule has 8 heteroatoms. The van der Waals surface area contributed by atoms with E-state index in [4.69, 9.17) is 0 Å². The molecule has 4 heterocycles. The second kappa shape index (κ2) is 8.55. The lowest BCUT2D eigenvalue weighted by molar-refractivity contribution is -0.132. The quantitative estimate of drug-likeness (QED) is 0.639. The number of aromatic nitrogens is 3. The third-order valence-corrected chi connectivity index (χ3v) is 6.41. The Morgan fingerprint density at radius 3 is 2.06 bits per heavy atom. The molecule has 0 saturated carbocycles. The normalized spacial score (nSPS) is 18.0. The third-order valence-electron chi connectivity index (χ3n) is 6.41. The van der Waals surface area contributed by atoms with Gasteiger partial charge in [0.25, 0.3) is 0 Å². The molecule has 8 nitrogen and oxygen atoms in total. The molecule has 1 aromatic carbocycles. The number of benzene rings is 1. The van der Waals surface area contributed by atoms with Crippen molar-refractivity contribution in [1.82, 2.24) is 24.6 Å². The zero-order valence-electron chi connectivity index (χ0n) is 18.0. The van der Waals surface area contributed by atoms with Crippen LogP contribution in [0.25, 0.3) is 10.9 Å². The molecule has 0 aliphatic carbocycles. The Balaban J connectivity index is 1.16. The third kappa shape index (κ3) is 4.20. The highest BCUT2D eigenvalue weighted by Gasteiger charge is 2.23. The van der Waals surface area contributed by atoms with Gasteiger partial charge in [-0.05, 0) is 36.7 Å².